The number of ketones is 1. The van der Waals surface area contributed by atoms with Crippen LogP contribution in [0.1, 0.15) is 15.9 Å². The van der Waals surface area contributed by atoms with Gasteiger partial charge in [-0.05, 0) is 42.5 Å². The minimum absolute atomic E-state index is 0.0264. The highest BCUT2D eigenvalue weighted by Gasteiger charge is 2.19. The van der Waals surface area contributed by atoms with Gasteiger partial charge < -0.3 is 20.9 Å². The lowest BCUT2D eigenvalue weighted by Gasteiger charge is -2.28. The van der Waals surface area contributed by atoms with E-state index in [0.717, 1.165) is 44.4 Å². The van der Waals surface area contributed by atoms with Crippen LogP contribution in [0.3, 0.4) is 0 Å². The third kappa shape index (κ3) is 5.21. The standard InChI is InChI=1S/C26H21F3N6O2/c27-18-6-5-16(13-19(18)28)32-26(37)34-21-3-1-2-17(24(21)29)25(36)15-4-7-20-22(12-15)33-23(14-31-20)35-10-8-30-9-11-35/h1-7,12-14,30H,8-11H2,(H2,32,34,37). The van der Waals surface area contributed by atoms with Gasteiger partial charge in [-0.15, -0.1) is 0 Å². The fourth-order valence-electron chi connectivity index (χ4n) is 4.01. The van der Waals surface area contributed by atoms with E-state index in [9.17, 15) is 18.4 Å². The van der Waals surface area contributed by atoms with Gasteiger partial charge in [0.25, 0.3) is 0 Å². The van der Waals surface area contributed by atoms with E-state index < -0.39 is 29.3 Å². The molecule has 0 atom stereocenters. The van der Waals surface area contributed by atoms with Crippen molar-refractivity contribution in [1.82, 2.24) is 15.3 Å². The van der Waals surface area contributed by atoms with Crippen molar-refractivity contribution < 1.29 is 22.8 Å². The highest BCUT2D eigenvalue weighted by molar-refractivity contribution is 6.11. The monoisotopic (exact) mass is 506 g/mol. The molecule has 1 saturated heterocycles. The number of aromatic nitrogens is 2. The SMILES string of the molecule is O=C(Nc1ccc(F)c(F)c1)Nc1cccc(C(=O)c2ccc3ncc(N4CCNCC4)nc3c2)c1F. The Balaban J connectivity index is 1.36. The lowest BCUT2D eigenvalue weighted by atomic mass is 10.0. The molecule has 188 valence electrons. The third-order valence-corrected chi connectivity index (χ3v) is 5.90. The average Bonchev–Trinajstić information content (AvgIpc) is 2.91. The summed E-state index contributed by atoms with van der Waals surface area (Å²) in [6.45, 7) is 3.24. The lowest BCUT2D eigenvalue weighted by Crippen LogP contribution is -2.43. The third-order valence-electron chi connectivity index (χ3n) is 5.90. The summed E-state index contributed by atoms with van der Waals surface area (Å²) in [6, 6.07) is 10.7. The fraction of sp³-hybridized carbons (Fsp3) is 0.154. The van der Waals surface area contributed by atoms with Crippen molar-refractivity contribution in [3.63, 3.8) is 0 Å². The van der Waals surface area contributed by atoms with Gasteiger partial charge in [-0.3, -0.25) is 9.78 Å². The number of hydrogen-bond donors (Lipinski definition) is 3. The van der Waals surface area contributed by atoms with E-state index >= 15 is 4.39 Å². The Morgan fingerprint density at radius 2 is 1.70 bits per heavy atom. The maximum absolute atomic E-state index is 15.2. The number of urea groups is 1. The fourth-order valence-corrected chi connectivity index (χ4v) is 4.01. The number of amides is 2. The molecule has 0 bridgehead atoms. The van der Waals surface area contributed by atoms with Crippen molar-refractivity contribution in [2.45, 2.75) is 0 Å². The Labute approximate surface area is 209 Å². The molecule has 3 N–H and O–H groups in total. The predicted molar refractivity (Wildman–Crippen MR) is 133 cm³/mol. The Morgan fingerprint density at radius 1 is 0.892 bits per heavy atom. The van der Waals surface area contributed by atoms with Crippen LogP contribution in [0.4, 0.5) is 35.2 Å². The van der Waals surface area contributed by atoms with Crippen LogP contribution in [0.2, 0.25) is 0 Å². The van der Waals surface area contributed by atoms with E-state index in [1.807, 2.05) is 0 Å². The van der Waals surface area contributed by atoms with Crippen LogP contribution in [-0.4, -0.2) is 48.0 Å². The number of piperazine rings is 1. The zero-order valence-electron chi connectivity index (χ0n) is 19.4. The number of hydrogen-bond acceptors (Lipinski definition) is 6. The Bertz CT molecular complexity index is 1510. The van der Waals surface area contributed by atoms with Gasteiger partial charge in [0.05, 0.1) is 28.5 Å². The zero-order chi connectivity index (χ0) is 25.9. The molecule has 1 fully saturated rings. The van der Waals surface area contributed by atoms with Gasteiger partial charge in [0.15, 0.2) is 23.2 Å². The maximum Gasteiger partial charge on any atom is 0.323 e. The Kier molecular flexibility index (Phi) is 6.69. The number of carbonyl (C=O) groups excluding carboxylic acids is 2. The molecule has 1 aromatic heterocycles. The molecule has 1 aliphatic heterocycles. The second-order valence-corrected chi connectivity index (χ2v) is 8.37. The number of halogens is 3. The van der Waals surface area contributed by atoms with Gasteiger partial charge in [0, 0.05) is 43.5 Å². The van der Waals surface area contributed by atoms with E-state index in [4.69, 9.17) is 0 Å². The molecule has 2 heterocycles. The van der Waals surface area contributed by atoms with Gasteiger partial charge in [-0.2, -0.15) is 0 Å². The summed E-state index contributed by atoms with van der Waals surface area (Å²) >= 11 is 0. The summed E-state index contributed by atoms with van der Waals surface area (Å²) in [5, 5.41) is 7.85. The number of anilines is 3. The Hall–Kier alpha value is -4.51. The van der Waals surface area contributed by atoms with E-state index in [-0.39, 0.29) is 22.5 Å². The van der Waals surface area contributed by atoms with E-state index in [1.165, 1.54) is 18.2 Å². The number of rotatable bonds is 5. The summed E-state index contributed by atoms with van der Waals surface area (Å²) in [4.78, 5) is 36.6. The molecule has 3 aromatic carbocycles. The van der Waals surface area contributed by atoms with Gasteiger partial charge in [-0.25, -0.2) is 22.9 Å². The second kappa shape index (κ2) is 10.2. The van der Waals surface area contributed by atoms with Crippen molar-refractivity contribution in [2.75, 3.05) is 41.7 Å². The lowest BCUT2D eigenvalue weighted by molar-refractivity contribution is 0.103. The number of benzene rings is 3. The first kappa shape index (κ1) is 24.2. The van der Waals surface area contributed by atoms with Crippen molar-refractivity contribution >= 4 is 40.0 Å². The van der Waals surface area contributed by atoms with Gasteiger partial charge in [0.1, 0.15) is 5.82 Å². The molecule has 2 amide bonds. The molecule has 0 saturated carbocycles. The van der Waals surface area contributed by atoms with Crippen LogP contribution in [0.5, 0.6) is 0 Å². The van der Waals surface area contributed by atoms with Gasteiger partial charge in [0.2, 0.25) is 0 Å². The molecule has 0 radical (unpaired) electrons. The van der Waals surface area contributed by atoms with Gasteiger partial charge in [-0.1, -0.05) is 6.07 Å². The number of fused-ring (bicyclic) bond motifs is 1. The highest BCUT2D eigenvalue weighted by Crippen LogP contribution is 2.24. The predicted octanol–water partition coefficient (Wildman–Crippen LogP) is 4.33. The minimum Gasteiger partial charge on any atom is -0.353 e. The van der Waals surface area contributed by atoms with Crippen LogP contribution in [0, 0.1) is 17.5 Å². The van der Waals surface area contributed by atoms with Crippen molar-refractivity contribution in [1.29, 1.82) is 0 Å². The summed E-state index contributed by atoms with van der Waals surface area (Å²) < 4.78 is 41.7. The number of carbonyl (C=O) groups is 2. The first-order valence-electron chi connectivity index (χ1n) is 11.5. The van der Waals surface area contributed by atoms with Crippen molar-refractivity contribution in [2.24, 2.45) is 0 Å². The molecular weight excluding hydrogens is 485 g/mol. The normalized spacial score (nSPS) is 13.4. The van der Waals surface area contributed by atoms with E-state index in [2.05, 4.69) is 30.8 Å². The molecule has 0 spiro atoms. The molecule has 4 aromatic rings. The van der Waals surface area contributed by atoms with Crippen LogP contribution < -0.4 is 20.9 Å². The molecule has 5 rings (SSSR count). The summed E-state index contributed by atoms with van der Waals surface area (Å²) in [5.74, 6) is -3.05. The molecule has 0 aliphatic carbocycles. The molecule has 0 unspecified atom stereocenters. The summed E-state index contributed by atoms with van der Waals surface area (Å²) in [5.41, 5.74) is 0.773. The summed E-state index contributed by atoms with van der Waals surface area (Å²) in [6.07, 6.45) is 1.69. The zero-order valence-corrected chi connectivity index (χ0v) is 19.4. The quantitative estimate of drug-likeness (QED) is 0.349. The minimum atomic E-state index is -1.14. The molecule has 1 aliphatic rings. The molecular formula is C26H21F3N6O2. The molecule has 8 nitrogen and oxygen atoms in total. The topological polar surface area (TPSA) is 99.2 Å². The van der Waals surface area contributed by atoms with Gasteiger partial charge >= 0.3 is 6.03 Å². The smallest absolute Gasteiger partial charge is 0.323 e. The average molecular weight is 506 g/mol. The number of nitrogens with one attached hydrogen (secondary N) is 3. The number of nitrogens with zero attached hydrogens (tertiary/aromatic N) is 3. The largest absolute Gasteiger partial charge is 0.353 e. The van der Waals surface area contributed by atoms with Crippen LogP contribution in [-0.2, 0) is 0 Å². The van der Waals surface area contributed by atoms with Crippen LogP contribution in [0.15, 0.2) is 60.8 Å². The summed E-state index contributed by atoms with van der Waals surface area (Å²) in [7, 11) is 0. The second-order valence-electron chi connectivity index (χ2n) is 8.37. The first-order chi connectivity index (χ1) is 17.9. The Morgan fingerprint density at radius 3 is 2.49 bits per heavy atom. The van der Waals surface area contributed by atoms with Crippen LogP contribution in [0.25, 0.3) is 11.0 Å². The van der Waals surface area contributed by atoms with Crippen LogP contribution >= 0.6 is 0 Å². The van der Waals surface area contributed by atoms with Crippen molar-refractivity contribution in [3.05, 3.63) is 89.4 Å². The first-order valence-corrected chi connectivity index (χ1v) is 11.5. The molecule has 37 heavy (non-hydrogen) atoms. The maximum atomic E-state index is 15.2. The highest BCUT2D eigenvalue weighted by atomic mass is 19.2. The van der Waals surface area contributed by atoms with E-state index in [1.54, 1.807) is 24.4 Å². The van der Waals surface area contributed by atoms with Crippen molar-refractivity contribution in [3.8, 4) is 0 Å². The molecule has 11 heteroatoms. The van der Waals surface area contributed by atoms with E-state index in [0.29, 0.717) is 16.9 Å².